The lowest BCUT2D eigenvalue weighted by atomic mass is 10.00. The summed E-state index contributed by atoms with van der Waals surface area (Å²) >= 11 is 0. The second kappa shape index (κ2) is 7.75. The molecule has 0 heterocycles. The van der Waals surface area contributed by atoms with Crippen LogP contribution in [-0.2, 0) is 0 Å². The van der Waals surface area contributed by atoms with E-state index in [1.54, 1.807) is 0 Å². The Morgan fingerprint density at radius 2 is 1.58 bits per heavy atom. The number of hydrogen-bond acceptors (Lipinski definition) is 2. The molecule has 3 aromatic rings. The van der Waals surface area contributed by atoms with Gasteiger partial charge in [0.05, 0.1) is 0 Å². The van der Waals surface area contributed by atoms with Crippen molar-refractivity contribution < 1.29 is 4.79 Å². The SMILES string of the molecule is C[C@@H](NCCNC(=O)c1ccccc1)c1cccc2ccccc12. The van der Waals surface area contributed by atoms with E-state index in [2.05, 4.69) is 60.0 Å². The first-order chi connectivity index (χ1) is 11.8. The zero-order chi connectivity index (χ0) is 16.8. The molecular weight excluding hydrogens is 296 g/mol. The van der Waals surface area contributed by atoms with Crippen LogP contribution in [0.3, 0.4) is 0 Å². The van der Waals surface area contributed by atoms with Crippen molar-refractivity contribution in [3.8, 4) is 0 Å². The molecule has 1 amide bonds. The van der Waals surface area contributed by atoms with Gasteiger partial charge in [-0.2, -0.15) is 0 Å². The van der Waals surface area contributed by atoms with Crippen LogP contribution in [0.2, 0.25) is 0 Å². The summed E-state index contributed by atoms with van der Waals surface area (Å²) in [5, 5.41) is 8.95. The first kappa shape index (κ1) is 16.2. The number of fused-ring (bicyclic) bond motifs is 1. The number of rotatable bonds is 6. The number of benzene rings is 3. The summed E-state index contributed by atoms with van der Waals surface area (Å²) in [6.45, 7) is 3.48. The zero-order valence-electron chi connectivity index (χ0n) is 13.8. The first-order valence-corrected chi connectivity index (χ1v) is 8.30. The maximum Gasteiger partial charge on any atom is 0.251 e. The summed E-state index contributed by atoms with van der Waals surface area (Å²) in [4.78, 5) is 12.0. The molecule has 3 rings (SSSR count). The molecule has 0 saturated heterocycles. The van der Waals surface area contributed by atoms with E-state index in [0.717, 1.165) is 6.54 Å². The van der Waals surface area contributed by atoms with Gasteiger partial charge in [0, 0.05) is 24.7 Å². The maximum absolute atomic E-state index is 12.0. The molecule has 0 saturated carbocycles. The summed E-state index contributed by atoms with van der Waals surface area (Å²) in [6, 6.07) is 24.3. The Morgan fingerprint density at radius 3 is 2.42 bits per heavy atom. The van der Waals surface area contributed by atoms with Gasteiger partial charge in [0.15, 0.2) is 0 Å². The fourth-order valence-electron chi connectivity index (χ4n) is 2.89. The number of carbonyl (C=O) groups excluding carboxylic acids is 1. The van der Waals surface area contributed by atoms with Gasteiger partial charge in [0.2, 0.25) is 0 Å². The highest BCUT2D eigenvalue weighted by Crippen LogP contribution is 2.23. The molecule has 3 heteroatoms. The topological polar surface area (TPSA) is 41.1 Å². The van der Waals surface area contributed by atoms with E-state index in [9.17, 15) is 4.79 Å². The summed E-state index contributed by atoms with van der Waals surface area (Å²) in [5.41, 5.74) is 1.97. The molecule has 0 aromatic heterocycles. The minimum Gasteiger partial charge on any atom is -0.351 e. The van der Waals surface area contributed by atoms with E-state index < -0.39 is 0 Å². The van der Waals surface area contributed by atoms with E-state index in [1.165, 1.54) is 16.3 Å². The largest absolute Gasteiger partial charge is 0.351 e. The van der Waals surface area contributed by atoms with Gasteiger partial charge in [-0.3, -0.25) is 4.79 Å². The van der Waals surface area contributed by atoms with Gasteiger partial charge >= 0.3 is 0 Å². The van der Waals surface area contributed by atoms with E-state index in [0.29, 0.717) is 12.1 Å². The molecular formula is C21H22N2O. The Balaban J connectivity index is 1.54. The lowest BCUT2D eigenvalue weighted by Crippen LogP contribution is -2.32. The van der Waals surface area contributed by atoms with Crippen LogP contribution in [0.5, 0.6) is 0 Å². The van der Waals surface area contributed by atoms with Crippen LogP contribution in [0, 0.1) is 0 Å². The van der Waals surface area contributed by atoms with E-state index in [4.69, 9.17) is 0 Å². The summed E-state index contributed by atoms with van der Waals surface area (Å²) in [7, 11) is 0. The molecule has 24 heavy (non-hydrogen) atoms. The third-order valence-corrected chi connectivity index (χ3v) is 4.19. The quantitative estimate of drug-likeness (QED) is 0.676. The maximum atomic E-state index is 12.0. The van der Waals surface area contributed by atoms with Crippen LogP contribution in [0.4, 0.5) is 0 Å². The molecule has 0 aliphatic carbocycles. The third kappa shape index (κ3) is 3.81. The van der Waals surface area contributed by atoms with Crippen LogP contribution >= 0.6 is 0 Å². The molecule has 3 aromatic carbocycles. The van der Waals surface area contributed by atoms with Gasteiger partial charge in [-0.1, -0.05) is 60.7 Å². The molecule has 1 atom stereocenters. The third-order valence-electron chi connectivity index (χ3n) is 4.19. The number of nitrogens with one attached hydrogen (secondary N) is 2. The van der Waals surface area contributed by atoms with Crippen molar-refractivity contribution in [3.63, 3.8) is 0 Å². The van der Waals surface area contributed by atoms with Gasteiger partial charge in [0.25, 0.3) is 5.91 Å². The van der Waals surface area contributed by atoms with E-state index in [-0.39, 0.29) is 11.9 Å². The average Bonchev–Trinajstić information content (AvgIpc) is 2.65. The Bertz CT molecular complexity index is 809. The van der Waals surface area contributed by atoms with Gasteiger partial charge in [-0.25, -0.2) is 0 Å². The highest BCUT2D eigenvalue weighted by molar-refractivity contribution is 5.94. The average molecular weight is 318 g/mol. The monoisotopic (exact) mass is 318 g/mol. The van der Waals surface area contributed by atoms with Crippen LogP contribution in [0.1, 0.15) is 28.9 Å². The Hall–Kier alpha value is -2.65. The number of carbonyl (C=O) groups is 1. The number of amides is 1. The fourth-order valence-corrected chi connectivity index (χ4v) is 2.89. The number of hydrogen-bond donors (Lipinski definition) is 2. The Labute approximate surface area is 142 Å². The van der Waals surface area contributed by atoms with Crippen molar-refractivity contribution >= 4 is 16.7 Å². The van der Waals surface area contributed by atoms with Gasteiger partial charge in [0.1, 0.15) is 0 Å². The minimum absolute atomic E-state index is 0.0322. The zero-order valence-corrected chi connectivity index (χ0v) is 13.8. The molecule has 0 aliphatic rings. The molecule has 122 valence electrons. The first-order valence-electron chi connectivity index (χ1n) is 8.30. The molecule has 0 unspecified atom stereocenters. The molecule has 3 nitrogen and oxygen atoms in total. The van der Waals surface area contributed by atoms with Gasteiger partial charge in [-0.15, -0.1) is 0 Å². The second-order valence-electron chi connectivity index (χ2n) is 5.87. The summed E-state index contributed by atoms with van der Waals surface area (Å²) in [5.74, 6) is -0.0322. The van der Waals surface area contributed by atoms with Gasteiger partial charge < -0.3 is 10.6 Å². The minimum atomic E-state index is -0.0322. The van der Waals surface area contributed by atoms with E-state index >= 15 is 0 Å². The lowest BCUT2D eigenvalue weighted by Gasteiger charge is -2.17. The fraction of sp³-hybridized carbons (Fsp3) is 0.190. The second-order valence-corrected chi connectivity index (χ2v) is 5.87. The summed E-state index contributed by atoms with van der Waals surface area (Å²) < 4.78 is 0. The molecule has 2 N–H and O–H groups in total. The molecule has 0 aliphatic heterocycles. The molecule has 0 bridgehead atoms. The van der Waals surface area contributed by atoms with Crippen molar-refractivity contribution in [2.45, 2.75) is 13.0 Å². The molecule has 0 radical (unpaired) electrons. The molecule has 0 fully saturated rings. The highest BCUT2D eigenvalue weighted by atomic mass is 16.1. The van der Waals surface area contributed by atoms with Crippen LogP contribution in [0.25, 0.3) is 10.8 Å². The lowest BCUT2D eigenvalue weighted by molar-refractivity contribution is 0.0953. The normalized spacial score (nSPS) is 12.0. The predicted molar refractivity (Wildman–Crippen MR) is 99.1 cm³/mol. The Kier molecular flexibility index (Phi) is 5.24. The van der Waals surface area contributed by atoms with Gasteiger partial charge in [-0.05, 0) is 35.4 Å². The van der Waals surface area contributed by atoms with Crippen LogP contribution in [-0.4, -0.2) is 19.0 Å². The predicted octanol–water partition coefficient (Wildman–Crippen LogP) is 3.92. The summed E-state index contributed by atoms with van der Waals surface area (Å²) in [6.07, 6.45) is 0. The smallest absolute Gasteiger partial charge is 0.251 e. The van der Waals surface area contributed by atoms with Crippen molar-refractivity contribution in [1.82, 2.24) is 10.6 Å². The van der Waals surface area contributed by atoms with Crippen molar-refractivity contribution in [2.24, 2.45) is 0 Å². The van der Waals surface area contributed by atoms with Crippen LogP contribution < -0.4 is 10.6 Å². The van der Waals surface area contributed by atoms with Crippen molar-refractivity contribution in [2.75, 3.05) is 13.1 Å². The van der Waals surface area contributed by atoms with Crippen molar-refractivity contribution in [3.05, 3.63) is 83.9 Å². The van der Waals surface area contributed by atoms with E-state index in [1.807, 2.05) is 30.3 Å². The molecule has 0 spiro atoms. The van der Waals surface area contributed by atoms with Crippen LogP contribution in [0.15, 0.2) is 72.8 Å². The standard InChI is InChI=1S/C21H22N2O/c1-16(19-13-7-11-17-8-5-6-12-20(17)19)22-14-15-23-21(24)18-9-3-2-4-10-18/h2-13,16,22H,14-15H2,1H3,(H,23,24)/t16-/m1/s1. The Morgan fingerprint density at radius 1 is 0.875 bits per heavy atom. The van der Waals surface area contributed by atoms with Crippen molar-refractivity contribution in [1.29, 1.82) is 0 Å². The highest BCUT2D eigenvalue weighted by Gasteiger charge is 2.09.